The lowest BCUT2D eigenvalue weighted by atomic mass is 10.1. The van der Waals surface area contributed by atoms with Gasteiger partial charge in [0.15, 0.2) is 11.5 Å². The molecular weight excluding hydrogens is 354 g/mol. The zero-order valence-corrected chi connectivity index (χ0v) is 16.2. The molecule has 0 aliphatic carbocycles. The van der Waals surface area contributed by atoms with Crippen LogP contribution in [0.1, 0.15) is 39.7 Å². The van der Waals surface area contributed by atoms with Gasteiger partial charge in [0.2, 0.25) is 0 Å². The zero-order valence-electron chi connectivity index (χ0n) is 16.2. The highest BCUT2D eigenvalue weighted by molar-refractivity contribution is 5.76. The molecule has 8 nitrogen and oxygen atoms in total. The lowest BCUT2D eigenvalue weighted by Gasteiger charge is -2.22. The van der Waals surface area contributed by atoms with Gasteiger partial charge in [-0.25, -0.2) is 4.79 Å². The zero-order chi connectivity index (χ0) is 20.6. The van der Waals surface area contributed by atoms with Gasteiger partial charge in [0.25, 0.3) is 0 Å². The highest BCUT2D eigenvalue weighted by Crippen LogP contribution is 2.25. The summed E-state index contributed by atoms with van der Waals surface area (Å²) in [6.45, 7) is 7.39. The highest BCUT2D eigenvalue weighted by Gasteiger charge is 2.25. The van der Waals surface area contributed by atoms with Gasteiger partial charge in [0, 0.05) is 0 Å². The van der Waals surface area contributed by atoms with Crippen LogP contribution in [0.25, 0.3) is 0 Å². The quantitative estimate of drug-likeness (QED) is 0.438. The van der Waals surface area contributed by atoms with Crippen LogP contribution >= 0.6 is 0 Å². The van der Waals surface area contributed by atoms with Crippen LogP contribution in [0.4, 0.5) is 4.79 Å². The molecule has 0 amide bonds. The SMILES string of the molecule is CCC(C)COC(=O)O[C@H](C)[C@H](C)OC(=O)[C@@H](N)Cc1ccc(O)c(O)c1. The third-order valence-electron chi connectivity index (χ3n) is 4.23. The predicted octanol–water partition coefficient (Wildman–Crippen LogP) is 2.49. The van der Waals surface area contributed by atoms with Crippen molar-refractivity contribution in [1.82, 2.24) is 0 Å². The maximum Gasteiger partial charge on any atom is 0.508 e. The number of aromatic hydroxyl groups is 2. The fourth-order valence-corrected chi connectivity index (χ4v) is 2.01. The van der Waals surface area contributed by atoms with E-state index in [2.05, 4.69) is 0 Å². The van der Waals surface area contributed by atoms with Gasteiger partial charge in [-0.05, 0) is 43.9 Å². The molecule has 0 aliphatic rings. The molecule has 27 heavy (non-hydrogen) atoms. The molecule has 0 heterocycles. The first-order valence-corrected chi connectivity index (χ1v) is 8.94. The molecule has 8 heteroatoms. The van der Waals surface area contributed by atoms with Crippen molar-refractivity contribution in [2.24, 2.45) is 11.7 Å². The maximum atomic E-state index is 12.1. The lowest BCUT2D eigenvalue weighted by molar-refractivity contribution is -0.155. The number of hydrogen-bond acceptors (Lipinski definition) is 8. The molecule has 0 bridgehead atoms. The first-order valence-electron chi connectivity index (χ1n) is 8.94. The number of phenols is 2. The van der Waals surface area contributed by atoms with E-state index in [0.717, 1.165) is 6.42 Å². The summed E-state index contributed by atoms with van der Waals surface area (Å²) in [7, 11) is 0. The summed E-state index contributed by atoms with van der Waals surface area (Å²) in [6.07, 6.45) is -1.23. The van der Waals surface area contributed by atoms with E-state index in [4.69, 9.17) is 19.9 Å². The van der Waals surface area contributed by atoms with Gasteiger partial charge in [0.1, 0.15) is 18.2 Å². The summed E-state index contributed by atoms with van der Waals surface area (Å²) < 4.78 is 15.3. The van der Waals surface area contributed by atoms with E-state index in [1.165, 1.54) is 12.1 Å². The Morgan fingerprint density at radius 2 is 1.70 bits per heavy atom. The molecule has 152 valence electrons. The van der Waals surface area contributed by atoms with Gasteiger partial charge < -0.3 is 30.2 Å². The highest BCUT2D eigenvalue weighted by atomic mass is 16.7. The van der Waals surface area contributed by atoms with Crippen molar-refractivity contribution >= 4 is 12.1 Å². The minimum atomic E-state index is -0.971. The molecular formula is C19H29NO7. The van der Waals surface area contributed by atoms with Crippen LogP contribution in [0, 0.1) is 5.92 Å². The van der Waals surface area contributed by atoms with Crippen molar-refractivity contribution in [3.63, 3.8) is 0 Å². The lowest BCUT2D eigenvalue weighted by Crippen LogP contribution is -2.39. The van der Waals surface area contributed by atoms with E-state index in [-0.39, 0.29) is 30.4 Å². The Bertz CT molecular complexity index is 634. The largest absolute Gasteiger partial charge is 0.508 e. The summed E-state index contributed by atoms with van der Waals surface area (Å²) in [5.74, 6) is -0.979. The molecule has 1 rings (SSSR count). The first-order chi connectivity index (χ1) is 12.6. The average Bonchev–Trinajstić information content (AvgIpc) is 2.62. The molecule has 0 fully saturated rings. The molecule has 4 N–H and O–H groups in total. The monoisotopic (exact) mass is 383 g/mol. The van der Waals surface area contributed by atoms with Gasteiger partial charge in [-0.3, -0.25) is 4.79 Å². The number of nitrogens with two attached hydrogens (primary N) is 1. The molecule has 0 saturated heterocycles. The number of carbonyl (C=O) groups excluding carboxylic acids is 2. The summed E-state index contributed by atoms with van der Waals surface area (Å²) in [5.41, 5.74) is 6.40. The summed E-state index contributed by atoms with van der Waals surface area (Å²) in [6, 6.07) is 3.21. The second-order valence-electron chi connectivity index (χ2n) is 6.67. The Balaban J connectivity index is 2.46. The molecule has 0 aliphatic heterocycles. The Labute approximate surface area is 159 Å². The van der Waals surface area contributed by atoms with Crippen LogP contribution < -0.4 is 5.73 Å². The molecule has 1 unspecified atom stereocenters. The third kappa shape index (κ3) is 7.74. The van der Waals surface area contributed by atoms with Crippen LogP contribution in [0.5, 0.6) is 11.5 Å². The van der Waals surface area contributed by atoms with Crippen LogP contribution in [-0.4, -0.2) is 47.2 Å². The number of phenolic OH excluding ortho intramolecular Hbond substituents is 2. The van der Waals surface area contributed by atoms with Gasteiger partial charge in [-0.15, -0.1) is 0 Å². The second-order valence-corrected chi connectivity index (χ2v) is 6.67. The summed E-state index contributed by atoms with van der Waals surface area (Å²) >= 11 is 0. The van der Waals surface area contributed by atoms with E-state index >= 15 is 0 Å². The van der Waals surface area contributed by atoms with Crippen molar-refractivity contribution in [2.45, 2.75) is 58.8 Å². The van der Waals surface area contributed by atoms with Crippen LogP contribution in [-0.2, 0) is 25.4 Å². The van der Waals surface area contributed by atoms with E-state index in [9.17, 15) is 19.8 Å². The number of hydrogen-bond donors (Lipinski definition) is 3. The third-order valence-corrected chi connectivity index (χ3v) is 4.23. The van der Waals surface area contributed by atoms with Crippen molar-refractivity contribution in [3.05, 3.63) is 23.8 Å². The van der Waals surface area contributed by atoms with E-state index in [0.29, 0.717) is 5.56 Å². The van der Waals surface area contributed by atoms with Crippen molar-refractivity contribution < 1.29 is 34.0 Å². The molecule has 4 atom stereocenters. The van der Waals surface area contributed by atoms with Crippen molar-refractivity contribution in [1.29, 1.82) is 0 Å². The molecule has 0 spiro atoms. The number of carbonyl (C=O) groups is 2. The summed E-state index contributed by atoms with van der Waals surface area (Å²) in [5, 5.41) is 18.8. The van der Waals surface area contributed by atoms with Gasteiger partial charge >= 0.3 is 12.1 Å². The predicted molar refractivity (Wildman–Crippen MR) is 98.4 cm³/mol. The Kier molecular flexibility index (Phi) is 8.87. The minimum Gasteiger partial charge on any atom is -0.504 e. The first kappa shape index (κ1) is 22.6. The van der Waals surface area contributed by atoms with Crippen LogP contribution in [0.3, 0.4) is 0 Å². The van der Waals surface area contributed by atoms with Gasteiger partial charge in [-0.2, -0.15) is 0 Å². The van der Waals surface area contributed by atoms with E-state index in [1.807, 2.05) is 13.8 Å². The van der Waals surface area contributed by atoms with Gasteiger partial charge in [-0.1, -0.05) is 26.3 Å². The fourth-order valence-electron chi connectivity index (χ4n) is 2.01. The molecule has 0 saturated carbocycles. The van der Waals surface area contributed by atoms with Crippen molar-refractivity contribution in [2.75, 3.05) is 6.61 Å². The smallest absolute Gasteiger partial charge is 0.504 e. The number of ether oxygens (including phenoxy) is 3. The molecule has 0 aromatic heterocycles. The standard InChI is InChI=1S/C19H29NO7/c1-5-11(2)10-25-19(24)27-13(4)12(3)26-18(23)15(20)8-14-6-7-16(21)17(22)9-14/h6-7,9,11-13,15,21-22H,5,8,10,20H2,1-4H3/t11?,12-,13+,15-/m0/s1. The van der Waals surface area contributed by atoms with Crippen molar-refractivity contribution in [3.8, 4) is 11.5 Å². The molecule has 1 aromatic carbocycles. The molecule has 1 aromatic rings. The maximum absolute atomic E-state index is 12.1. The van der Waals surface area contributed by atoms with Crippen LogP contribution in [0.15, 0.2) is 18.2 Å². The second kappa shape index (κ2) is 10.6. The average molecular weight is 383 g/mol. The van der Waals surface area contributed by atoms with E-state index in [1.54, 1.807) is 19.9 Å². The Morgan fingerprint density at radius 3 is 2.30 bits per heavy atom. The number of benzene rings is 1. The minimum absolute atomic E-state index is 0.117. The topological polar surface area (TPSA) is 128 Å². The normalized spacial score (nSPS) is 15.3. The molecule has 0 radical (unpaired) electrons. The fraction of sp³-hybridized carbons (Fsp3) is 0.579. The van der Waals surface area contributed by atoms with E-state index < -0.39 is 30.4 Å². The number of rotatable bonds is 9. The van der Waals surface area contributed by atoms with Gasteiger partial charge in [0.05, 0.1) is 6.61 Å². The van der Waals surface area contributed by atoms with Crippen LogP contribution in [0.2, 0.25) is 0 Å². The Morgan fingerprint density at radius 1 is 1.07 bits per heavy atom. The number of esters is 1. The Hall–Kier alpha value is -2.48. The summed E-state index contributed by atoms with van der Waals surface area (Å²) in [4.78, 5) is 23.8.